The van der Waals surface area contributed by atoms with E-state index in [4.69, 9.17) is 10.8 Å². The van der Waals surface area contributed by atoms with E-state index in [1.807, 2.05) is 25.1 Å². The van der Waals surface area contributed by atoms with Gasteiger partial charge < -0.3 is 10.8 Å². The largest absolute Gasteiger partial charge is 0.480 e. The molecule has 1 rings (SSSR count). The quantitative estimate of drug-likeness (QED) is 0.867. The van der Waals surface area contributed by atoms with Gasteiger partial charge in [0.1, 0.15) is 6.04 Å². The highest BCUT2D eigenvalue weighted by atomic mass is 79.9. The second-order valence-corrected chi connectivity index (χ2v) is 4.10. The Morgan fingerprint density at radius 3 is 2.86 bits per heavy atom. The molecule has 0 spiro atoms. The first-order chi connectivity index (χ1) is 6.50. The van der Waals surface area contributed by atoms with Crippen molar-refractivity contribution in [3.8, 4) is 0 Å². The van der Waals surface area contributed by atoms with Crippen LogP contribution in [0.3, 0.4) is 0 Å². The van der Waals surface area contributed by atoms with E-state index in [0.29, 0.717) is 6.42 Å². The van der Waals surface area contributed by atoms with Crippen LogP contribution in [0.2, 0.25) is 0 Å². The highest BCUT2D eigenvalue weighted by Crippen LogP contribution is 2.19. The topological polar surface area (TPSA) is 63.3 Å². The van der Waals surface area contributed by atoms with Gasteiger partial charge in [0.05, 0.1) is 0 Å². The van der Waals surface area contributed by atoms with Gasteiger partial charge in [-0.1, -0.05) is 33.6 Å². The molecule has 4 heteroatoms. The highest BCUT2D eigenvalue weighted by Gasteiger charge is 2.13. The molecule has 1 unspecified atom stereocenters. The van der Waals surface area contributed by atoms with Gasteiger partial charge in [0.15, 0.2) is 0 Å². The minimum atomic E-state index is -0.974. The summed E-state index contributed by atoms with van der Waals surface area (Å²) < 4.78 is 0.903. The van der Waals surface area contributed by atoms with E-state index in [0.717, 1.165) is 15.6 Å². The van der Waals surface area contributed by atoms with Gasteiger partial charge in [0.25, 0.3) is 0 Å². The molecule has 0 aromatic heterocycles. The molecule has 0 aliphatic rings. The summed E-state index contributed by atoms with van der Waals surface area (Å²) in [5.41, 5.74) is 7.48. The summed E-state index contributed by atoms with van der Waals surface area (Å²) in [6.07, 6.45) is 0.345. The molecule has 0 saturated heterocycles. The van der Waals surface area contributed by atoms with Crippen LogP contribution in [0.1, 0.15) is 11.1 Å². The van der Waals surface area contributed by atoms with Crippen LogP contribution in [-0.2, 0) is 11.2 Å². The molecule has 0 aliphatic carbocycles. The van der Waals surface area contributed by atoms with Crippen molar-refractivity contribution in [3.63, 3.8) is 0 Å². The minimum absolute atomic E-state index is 0.345. The summed E-state index contributed by atoms with van der Waals surface area (Å²) in [6, 6.07) is 4.96. The molecular weight excluding hydrogens is 246 g/mol. The van der Waals surface area contributed by atoms with Gasteiger partial charge in [-0.05, 0) is 25.0 Å². The van der Waals surface area contributed by atoms with Gasteiger partial charge in [-0.2, -0.15) is 0 Å². The van der Waals surface area contributed by atoms with E-state index in [-0.39, 0.29) is 0 Å². The zero-order valence-corrected chi connectivity index (χ0v) is 9.41. The SMILES string of the molecule is Cc1ccc(Br)c(CC(N)C(=O)O)c1. The molecule has 1 aromatic carbocycles. The van der Waals surface area contributed by atoms with Gasteiger partial charge in [0, 0.05) is 4.47 Å². The fraction of sp³-hybridized carbons (Fsp3) is 0.300. The van der Waals surface area contributed by atoms with Crippen molar-refractivity contribution < 1.29 is 9.90 Å². The Labute approximate surface area is 91.1 Å². The maximum Gasteiger partial charge on any atom is 0.320 e. The fourth-order valence-corrected chi connectivity index (χ4v) is 1.59. The Kier molecular flexibility index (Phi) is 3.66. The molecule has 76 valence electrons. The molecule has 0 bridgehead atoms. The van der Waals surface area contributed by atoms with Crippen molar-refractivity contribution >= 4 is 21.9 Å². The first kappa shape index (κ1) is 11.2. The normalized spacial score (nSPS) is 12.5. The second kappa shape index (κ2) is 4.57. The standard InChI is InChI=1S/C10H12BrNO2/c1-6-2-3-8(11)7(4-6)5-9(12)10(13)14/h2-4,9H,5,12H2,1H3,(H,13,14). The van der Waals surface area contributed by atoms with E-state index in [9.17, 15) is 4.79 Å². The Morgan fingerprint density at radius 1 is 1.64 bits per heavy atom. The number of hydrogen-bond acceptors (Lipinski definition) is 2. The van der Waals surface area contributed by atoms with E-state index in [2.05, 4.69) is 15.9 Å². The van der Waals surface area contributed by atoms with Crippen LogP contribution in [0.25, 0.3) is 0 Å². The highest BCUT2D eigenvalue weighted by molar-refractivity contribution is 9.10. The third kappa shape index (κ3) is 2.82. The van der Waals surface area contributed by atoms with Crippen LogP contribution < -0.4 is 5.73 Å². The lowest BCUT2D eigenvalue weighted by Crippen LogP contribution is -2.32. The predicted octanol–water partition coefficient (Wildman–Crippen LogP) is 1.71. The van der Waals surface area contributed by atoms with Crippen LogP contribution in [0.15, 0.2) is 22.7 Å². The number of rotatable bonds is 3. The molecule has 3 N–H and O–H groups in total. The summed E-state index contributed by atoms with van der Waals surface area (Å²) in [5.74, 6) is -0.974. The molecule has 0 saturated carbocycles. The third-order valence-electron chi connectivity index (χ3n) is 1.96. The predicted molar refractivity (Wildman–Crippen MR) is 58.2 cm³/mol. The smallest absolute Gasteiger partial charge is 0.320 e. The molecule has 0 radical (unpaired) electrons. The molecule has 1 atom stereocenters. The molecule has 0 fully saturated rings. The van der Waals surface area contributed by atoms with Crippen LogP contribution in [0.4, 0.5) is 0 Å². The number of nitrogens with two attached hydrogens (primary N) is 1. The lowest BCUT2D eigenvalue weighted by atomic mass is 10.0. The third-order valence-corrected chi connectivity index (χ3v) is 2.73. The van der Waals surface area contributed by atoms with E-state index < -0.39 is 12.0 Å². The second-order valence-electron chi connectivity index (χ2n) is 3.24. The summed E-state index contributed by atoms with van der Waals surface area (Å²) in [4.78, 5) is 10.6. The van der Waals surface area contributed by atoms with Crippen molar-refractivity contribution in [1.82, 2.24) is 0 Å². The Balaban J connectivity index is 2.85. The average Bonchev–Trinajstić information content (AvgIpc) is 2.11. The number of aliphatic carboxylic acids is 1. The Hall–Kier alpha value is -0.870. The molecule has 0 amide bonds. The lowest BCUT2D eigenvalue weighted by Gasteiger charge is -2.09. The summed E-state index contributed by atoms with van der Waals surface area (Å²) in [5, 5.41) is 8.66. The van der Waals surface area contributed by atoms with Gasteiger partial charge >= 0.3 is 5.97 Å². The molecule has 1 aromatic rings. The number of hydrogen-bond donors (Lipinski definition) is 2. The van der Waals surface area contributed by atoms with Crippen molar-refractivity contribution in [1.29, 1.82) is 0 Å². The van der Waals surface area contributed by atoms with E-state index >= 15 is 0 Å². The number of carboxylic acid groups (broad SMARTS) is 1. The lowest BCUT2D eigenvalue weighted by molar-refractivity contribution is -0.138. The summed E-state index contributed by atoms with van der Waals surface area (Å²) in [6.45, 7) is 1.96. The first-order valence-electron chi connectivity index (χ1n) is 4.24. The molecule has 14 heavy (non-hydrogen) atoms. The fourth-order valence-electron chi connectivity index (χ4n) is 1.18. The Bertz CT molecular complexity index is 352. The number of carboxylic acids is 1. The van der Waals surface area contributed by atoms with E-state index in [1.165, 1.54) is 0 Å². The van der Waals surface area contributed by atoms with Gasteiger partial charge in [-0.3, -0.25) is 4.79 Å². The first-order valence-corrected chi connectivity index (χ1v) is 5.03. The van der Waals surface area contributed by atoms with Crippen LogP contribution in [-0.4, -0.2) is 17.1 Å². The van der Waals surface area contributed by atoms with Crippen molar-refractivity contribution in [2.24, 2.45) is 5.73 Å². The summed E-state index contributed by atoms with van der Waals surface area (Å²) in [7, 11) is 0. The zero-order chi connectivity index (χ0) is 10.7. The Morgan fingerprint density at radius 2 is 2.29 bits per heavy atom. The van der Waals surface area contributed by atoms with E-state index in [1.54, 1.807) is 0 Å². The van der Waals surface area contributed by atoms with Crippen molar-refractivity contribution in [2.45, 2.75) is 19.4 Å². The molecule has 0 aliphatic heterocycles. The number of carbonyl (C=O) groups is 1. The van der Waals surface area contributed by atoms with Gasteiger partial charge in [-0.25, -0.2) is 0 Å². The maximum atomic E-state index is 10.6. The number of aryl methyl sites for hydroxylation is 1. The molecule has 3 nitrogen and oxygen atoms in total. The number of halogens is 1. The van der Waals surface area contributed by atoms with Crippen LogP contribution >= 0.6 is 15.9 Å². The van der Waals surface area contributed by atoms with Gasteiger partial charge in [0.2, 0.25) is 0 Å². The zero-order valence-electron chi connectivity index (χ0n) is 7.83. The van der Waals surface area contributed by atoms with Crippen molar-refractivity contribution in [2.75, 3.05) is 0 Å². The summed E-state index contributed by atoms with van der Waals surface area (Å²) >= 11 is 3.36. The number of benzene rings is 1. The van der Waals surface area contributed by atoms with Crippen LogP contribution in [0.5, 0.6) is 0 Å². The average molecular weight is 258 g/mol. The van der Waals surface area contributed by atoms with Gasteiger partial charge in [-0.15, -0.1) is 0 Å². The monoisotopic (exact) mass is 257 g/mol. The molecule has 0 heterocycles. The van der Waals surface area contributed by atoms with Crippen LogP contribution in [0, 0.1) is 6.92 Å². The molecular formula is C10H12BrNO2. The minimum Gasteiger partial charge on any atom is -0.480 e. The maximum absolute atomic E-state index is 10.6. The van der Waals surface area contributed by atoms with Crippen molar-refractivity contribution in [3.05, 3.63) is 33.8 Å².